The molecule has 1 saturated heterocycles. The quantitative estimate of drug-likeness (QED) is 0.406. The summed E-state index contributed by atoms with van der Waals surface area (Å²) in [5.41, 5.74) is 0.873. The van der Waals surface area contributed by atoms with Gasteiger partial charge in [-0.15, -0.1) is 0 Å². The van der Waals surface area contributed by atoms with Crippen molar-refractivity contribution in [1.29, 1.82) is 0 Å². The highest BCUT2D eigenvalue weighted by Gasteiger charge is 2.44. The average molecular weight is 416 g/mol. The molecule has 0 amide bonds. The summed E-state index contributed by atoms with van der Waals surface area (Å²) in [6.07, 6.45) is -5.61. The van der Waals surface area contributed by atoms with Crippen LogP contribution < -0.4 is 10.2 Å². The van der Waals surface area contributed by atoms with Gasteiger partial charge < -0.3 is 39.4 Å². The fourth-order valence-corrected chi connectivity index (χ4v) is 3.33. The first kappa shape index (κ1) is 20.3. The highest BCUT2D eigenvalue weighted by Crippen LogP contribution is 2.27. The van der Waals surface area contributed by atoms with E-state index in [1.807, 2.05) is 0 Å². The first-order valence-electron chi connectivity index (χ1n) is 9.21. The van der Waals surface area contributed by atoms with Crippen LogP contribution in [0.3, 0.4) is 0 Å². The van der Waals surface area contributed by atoms with E-state index in [2.05, 4.69) is 0 Å². The first-order valence-corrected chi connectivity index (χ1v) is 9.21. The highest BCUT2D eigenvalue weighted by atomic mass is 16.7. The third-order valence-electron chi connectivity index (χ3n) is 5.02. The van der Waals surface area contributed by atoms with E-state index in [1.54, 1.807) is 12.1 Å². The molecular weight excluding hydrogens is 396 g/mol. The van der Waals surface area contributed by atoms with Crippen molar-refractivity contribution in [2.24, 2.45) is 0 Å². The SMILES string of the molecule is O=c1c(-c2ccc(O[C@H]3O[C@@H](CO)[C@H](O)[C@H](O)[C@@H]3O)cc2)coc2cc(O)ccc12. The molecule has 4 rings (SSSR count). The predicted molar refractivity (Wildman–Crippen MR) is 104 cm³/mol. The van der Waals surface area contributed by atoms with Crippen molar-refractivity contribution >= 4 is 11.0 Å². The summed E-state index contributed by atoms with van der Waals surface area (Å²) in [7, 11) is 0. The zero-order valence-electron chi connectivity index (χ0n) is 15.6. The molecule has 0 bridgehead atoms. The topological polar surface area (TPSA) is 150 Å². The molecule has 1 aliphatic heterocycles. The maximum Gasteiger partial charge on any atom is 0.229 e. The van der Waals surface area contributed by atoms with Crippen LogP contribution in [0.4, 0.5) is 0 Å². The van der Waals surface area contributed by atoms with E-state index in [0.29, 0.717) is 16.5 Å². The number of aliphatic hydroxyl groups excluding tert-OH is 4. The summed E-state index contributed by atoms with van der Waals surface area (Å²) in [4.78, 5) is 12.7. The lowest BCUT2D eigenvalue weighted by Crippen LogP contribution is -2.60. The van der Waals surface area contributed by atoms with Crippen LogP contribution >= 0.6 is 0 Å². The number of phenolic OH excluding ortho intramolecular Hbond substituents is 1. The average Bonchev–Trinajstić information content (AvgIpc) is 2.75. The van der Waals surface area contributed by atoms with E-state index < -0.39 is 37.3 Å². The van der Waals surface area contributed by atoms with Crippen LogP contribution in [-0.4, -0.2) is 62.8 Å². The molecule has 0 unspecified atom stereocenters. The molecule has 9 heteroatoms. The second-order valence-corrected chi connectivity index (χ2v) is 7.00. The molecule has 0 aliphatic carbocycles. The van der Waals surface area contributed by atoms with Gasteiger partial charge in [0.1, 0.15) is 47.8 Å². The minimum absolute atomic E-state index is 0.00639. The van der Waals surface area contributed by atoms with Gasteiger partial charge in [-0.25, -0.2) is 0 Å². The van der Waals surface area contributed by atoms with Crippen LogP contribution in [0.5, 0.6) is 11.5 Å². The van der Waals surface area contributed by atoms with E-state index in [0.717, 1.165) is 0 Å². The molecule has 2 aromatic carbocycles. The molecule has 2 heterocycles. The second-order valence-electron chi connectivity index (χ2n) is 7.00. The number of rotatable bonds is 4. The van der Waals surface area contributed by atoms with E-state index in [-0.39, 0.29) is 22.5 Å². The number of phenols is 1. The molecule has 1 aliphatic rings. The number of benzene rings is 2. The maximum atomic E-state index is 12.7. The van der Waals surface area contributed by atoms with Crippen molar-refractivity contribution in [2.45, 2.75) is 30.7 Å². The maximum absolute atomic E-state index is 12.7. The predicted octanol–water partition coefficient (Wildman–Crippen LogP) is 0.344. The lowest BCUT2D eigenvalue weighted by atomic mass is 9.99. The number of hydrogen-bond acceptors (Lipinski definition) is 9. The van der Waals surface area contributed by atoms with Crippen molar-refractivity contribution < 1.29 is 39.4 Å². The molecule has 5 N–H and O–H groups in total. The third-order valence-corrected chi connectivity index (χ3v) is 5.02. The second kappa shape index (κ2) is 8.05. The summed E-state index contributed by atoms with van der Waals surface area (Å²) in [6, 6.07) is 10.5. The largest absolute Gasteiger partial charge is 0.508 e. The molecule has 3 aromatic rings. The molecule has 1 fully saturated rings. The Labute approximate surface area is 170 Å². The summed E-state index contributed by atoms with van der Waals surface area (Å²) < 4.78 is 16.3. The first-order chi connectivity index (χ1) is 14.4. The molecule has 9 nitrogen and oxygen atoms in total. The van der Waals surface area contributed by atoms with Crippen LogP contribution in [0.15, 0.2) is 57.9 Å². The fourth-order valence-electron chi connectivity index (χ4n) is 3.33. The van der Waals surface area contributed by atoms with Crippen LogP contribution in [0.25, 0.3) is 22.1 Å². The zero-order valence-corrected chi connectivity index (χ0v) is 15.6. The molecule has 30 heavy (non-hydrogen) atoms. The molecule has 1 aromatic heterocycles. The van der Waals surface area contributed by atoms with Gasteiger partial charge in [0.25, 0.3) is 0 Å². The van der Waals surface area contributed by atoms with Gasteiger partial charge in [0.2, 0.25) is 6.29 Å². The lowest BCUT2D eigenvalue weighted by molar-refractivity contribution is -0.277. The van der Waals surface area contributed by atoms with E-state index >= 15 is 0 Å². The smallest absolute Gasteiger partial charge is 0.229 e. The summed E-state index contributed by atoms with van der Waals surface area (Å²) >= 11 is 0. The molecule has 0 saturated carbocycles. The monoisotopic (exact) mass is 416 g/mol. The van der Waals surface area contributed by atoms with Crippen molar-refractivity contribution in [1.82, 2.24) is 0 Å². The number of aliphatic hydroxyl groups is 4. The summed E-state index contributed by atoms with van der Waals surface area (Å²) in [5.74, 6) is 0.270. The molecule has 158 valence electrons. The summed E-state index contributed by atoms with van der Waals surface area (Å²) in [6.45, 7) is -0.556. The van der Waals surface area contributed by atoms with Crippen LogP contribution in [0, 0.1) is 0 Å². The van der Waals surface area contributed by atoms with Crippen molar-refractivity contribution in [3.63, 3.8) is 0 Å². The van der Waals surface area contributed by atoms with Crippen LogP contribution in [0.1, 0.15) is 0 Å². The van der Waals surface area contributed by atoms with Crippen molar-refractivity contribution in [3.8, 4) is 22.6 Å². The van der Waals surface area contributed by atoms with E-state index in [4.69, 9.17) is 13.9 Å². The van der Waals surface area contributed by atoms with Gasteiger partial charge in [-0.3, -0.25) is 4.79 Å². The lowest BCUT2D eigenvalue weighted by Gasteiger charge is -2.39. The number of hydrogen-bond donors (Lipinski definition) is 5. The van der Waals surface area contributed by atoms with Gasteiger partial charge in [-0.1, -0.05) is 12.1 Å². The Morgan fingerprint density at radius 1 is 0.967 bits per heavy atom. The van der Waals surface area contributed by atoms with Gasteiger partial charge in [0, 0.05) is 6.07 Å². The fraction of sp³-hybridized carbons (Fsp3) is 0.286. The summed E-state index contributed by atoms with van der Waals surface area (Å²) in [5, 5.41) is 48.8. The molecule has 0 radical (unpaired) electrons. The molecule has 5 atom stereocenters. The zero-order chi connectivity index (χ0) is 21.4. The minimum atomic E-state index is -1.54. The van der Waals surface area contributed by atoms with Crippen molar-refractivity contribution in [3.05, 3.63) is 59.0 Å². The van der Waals surface area contributed by atoms with E-state index in [1.165, 1.54) is 36.6 Å². The van der Waals surface area contributed by atoms with Crippen LogP contribution in [0.2, 0.25) is 0 Å². The van der Waals surface area contributed by atoms with Gasteiger partial charge >= 0.3 is 0 Å². The van der Waals surface area contributed by atoms with Gasteiger partial charge in [-0.2, -0.15) is 0 Å². The number of ether oxygens (including phenoxy) is 2. The molecule has 0 spiro atoms. The third kappa shape index (κ3) is 3.64. The van der Waals surface area contributed by atoms with Crippen molar-refractivity contribution in [2.75, 3.05) is 6.61 Å². The highest BCUT2D eigenvalue weighted by molar-refractivity contribution is 5.82. The molecular formula is C21H20O9. The normalized spacial score (nSPS) is 26.6. The standard InChI is InChI=1S/C21H20O9/c22-8-16-18(25)19(26)20(27)21(30-16)29-12-4-1-10(2-5-12)14-9-28-15-7-11(23)3-6-13(15)17(14)24/h1-7,9,16,18-23,25-27H,8H2/t16-,18-,19-,20-,21-/m0/s1. The van der Waals surface area contributed by atoms with Gasteiger partial charge in [0.15, 0.2) is 5.43 Å². The number of fused-ring (bicyclic) bond motifs is 1. The van der Waals surface area contributed by atoms with E-state index in [9.17, 15) is 30.3 Å². The Balaban J connectivity index is 1.56. The Kier molecular flexibility index (Phi) is 5.46. The van der Waals surface area contributed by atoms with Gasteiger partial charge in [-0.05, 0) is 29.8 Å². The van der Waals surface area contributed by atoms with Crippen LogP contribution in [-0.2, 0) is 4.74 Å². The van der Waals surface area contributed by atoms with Gasteiger partial charge in [0.05, 0.1) is 17.6 Å². The Bertz CT molecular complexity index is 1090. The Hall–Kier alpha value is -2.95. The Morgan fingerprint density at radius 3 is 2.40 bits per heavy atom. The number of aromatic hydroxyl groups is 1. The Morgan fingerprint density at radius 2 is 1.70 bits per heavy atom. The minimum Gasteiger partial charge on any atom is -0.508 e.